The number of para-hydroxylation sites is 1. The van der Waals surface area contributed by atoms with Crippen LogP contribution in [0.5, 0.6) is 5.75 Å². The van der Waals surface area contributed by atoms with Crippen molar-refractivity contribution in [2.45, 2.75) is 84.1 Å². The van der Waals surface area contributed by atoms with Crippen LogP contribution >= 0.6 is 0 Å². The van der Waals surface area contributed by atoms with Crippen LogP contribution in [0.2, 0.25) is 0 Å². The van der Waals surface area contributed by atoms with Crippen LogP contribution in [0.3, 0.4) is 0 Å². The van der Waals surface area contributed by atoms with Crippen molar-refractivity contribution in [2.24, 2.45) is 0 Å². The van der Waals surface area contributed by atoms with Crippen LogP contribution in [0.4, 0.5) is 10.5 Å². The normalized spacial score (nSPS) is 17.4. The second kappa shape index (κ2) is 10.4. The van der Waals surface area contributed by atoms with E-state index in [4.69, 9.17) is 0 Å². The molecule has 0 saturated carbocycles. The van der Waals surface area contributed by atoms with E-state index in [1.165, 1.54) is 5.56 Å². The van der Waals surface area contributed by atoms with Gasteiger partial charge in [0.15, 0.2) is 0 Å². The Morgan fingerprint density at radius 2 is 1.65 bits per heavy atom. The Hall–Kier alpha value is -2.53. The number of carbonyl (C=O) groups excluding carboxylic acids is 1. The van der Waals surface area contributed by atoms with Crippen molar-refractivity contribution in [3.8, 4) is 5.75 Å². The number of aromatic hydroxyl groups is 1. The highest BCUT2D eigenvalue weighted by Gasteiger charge is 2.26. The first-order chi connectivity index (χ1) is 15.8. The van der Waals surface area contributed by atoms with Gasteiger partial charge in [0, 0.05) is 18.3 Å². The van der Waals surface area contributed by atoms with Crippen molar-refractivity contribution in [3.05, 3.63) is 58.7 Å². The molecule has 0 aromatic heterocycles. The molecule has 34 heavy (non-hydrogen) atoms. The molecule has 3 rings (SSSR count). The fraction of sp³-hybridized carbons (Fsp3) is 0.552. The van der Waals surface area contributed by atoms with Gasteiger partial charge in [-0.15, -0.1) is 0 Å². The summed E-state index contributed by atoms with van der Waals surface area (Å²) in [5.41, 5.74) is 4.85. The van der Waals surface area contributed by atoms with E-state index in [2.05, 4.69) is 82.3 Å². The molecule has 2 aromatic carbocycles. The standard InChI is InChI=1S/C29H43N3O2/c1-28(2,3)23-17-20(18-24(26(23)33)29(4,5)6)14-15-21-11-8-9-13-25(21)31-27(34)30-22-12-10-16-32(7)19-22/h8-9,11,13,17-18,22,33H,10,12,14-16,19H2,1-7H3,(H2,30,31,34). The molecular weight excluding hydrogens is 422 g/mol. The minimum Gasteiger partial charge on any atom is -0.507 e. The van der Waals surface area contributed by atoms with Gasteiger partial charge in [0.2, 0.25) is 0 Å². The van der Waals surface area contributed by atoms with Gasteiger partial charge in [-0.3, -0.25) is 0 Å². The number of rotatable bonds is 5. The summed E-state index contributed by atoms with van der Waals surface area (Å²) in [6.07, 6.45) is 3.77. The Morgan fingerprint density at radius 3 is 2.24 bits per heavy atom. The Balaban J connectivity index is 1.75. The number of piperidine rings is 1. The van der Waals surface area contributed by atoms with Gasteiger partial charge in [0.05, 0.1) is 0 Å². The molecule has 1 fully saturated rings. The summed E-state index contributed by atoms with van der Waals surface area (Å²) < 4.78 is 0. The second-order valence-corrected chi connectivity index (χ2v) is 11.9. The molecule has 0 aliphatic carbocycles. The maximum absolute atomic E-state index is 12.7. The molecule has 0 spiro atoms. The molecular formula is C29H43N3O2. The molecule has 186 valence electrons. The molecule has 2 amide bonds. The number of benzene rings is 2. The lowest BCUT2D eigenvalue weighted by atomic mass is 9.78. The predicted molar refractivity (Wildman–Crippen MR) is 142 cm³/mol. The SMILES string of the molecule is CN1CCCC(NC(=O)Nc2ccccc2CCc2cc(C(C)(C)C)c(O)c(C(C)(C)C)c2)C1. The number of hydrogen-bond acceptors (Lipinski definition) is 3. The fourth-order valence-electron chi connectivity index (χ4n) is 4.75. The first-order valence-electron chi connectivity index (χ1n) is 12.6. The molecule has 1 heterocycles. The number of phenols is 1. The lowest BCUT2D eigenvalue weighted by Gasteiger charge is -2.30. The molecule has 0 radical (unpaired) electrons. The van der Waals surface area contributed by atoms with Crippen molar-refractivity contribution < 1.29 is 9.90 Å². The molecule has 1 unspecified atom stereocenters. The topological polar surface area (TPSA) is 64.6 Å². The quantitative estimate of drug-likeness (QED) is 0.508. The number of anilines is 1. The number of likely N-dealkylation sites (tertiary alicyclic amines) is 1. The van der Waals surface area contributed by atoms with Crippen molar-refractivity contribution in [3.63, 3.8) is 0 Å². The molecule has 1 aliphatic heterocycles. The average molecular weight is 466 g/mol. The van der Waals surface area contributed by atoms with Gasteiger partial charge in [-0.05, 0) is 78.4 Å². The van der Waals surface area contributed by atoms with Gasteiger partial charge in [-0.25, -0.2) is 4.79 Å². The summed E-state index contributed by atoms with van der Waals surface area (Å²) in [7, 11) is 2.10. The van der Waals surface area contributed by atoms with Crippen LogP contribution < -0.4 is 10.6 Å². The Morgan fingerprint density at radius 1 is 1.03 bits per heavy atom. The van der Waals surface area contributed by atoms with E-state index in [0.29, 0.717) is 5.75 Å². The highest BCUT2D eigenvalue weighted by Crippen LogP contribution is 2.40. The maximum atomic E-state index is 12.7. The number of phenolic OH excluding ortho intramolecular Hbond substituents is 1. The molecule has 5 heteroatoms. The number of urea groups is 1. The third-order valence-corrected chi connectivity index (χ3v) is 6.69. The summed E-state index contributed by atoms with van der Waals surface area (Å²) in [5.74, 6) is 0.413. The molecule has 0 bridgehead atoms. The molecule has 1 atom stereocenters. The Labute approximate surface area is 206 Å². The molecule has 3 N–H and O–H groups in total. The molecule has 1 saturated heterocycles. The van der Waals surface area contributed by atoms with Gasteiger partial charge in [-0.1, -0.05) is 71.9 Å². The third kappa shape index (κ3) is 6.75. The number of carbonyl (C=O) groups is 1. The van der Waals surface area contributed by atoms with E-state index in [1.807, 2.05) is 18.2 Å². The monoisotopic (exact) mass is 465 g/mol. The van der Waals surface area contributed by atoms with Crippen molar-refractivity contribution >= 4 is 11.7 Å². The predicted octanol–water partition coefficient (Wildman–Crippen LogP) is 5.99. The molecule has 1 aliphatic rings. The minimum absolute atomic E-state index is 0.137. The zero-order valence-corrected chi connectivity index (χ0v) is 22.1. The zero-order valence-electron chi connectivity index (χ0n) is 22.1. The van der Waals surface area contributed by atoms with E-state index >= 15 is 0 Å². The second-order valence-electron chi connectivity index (χ2n) is 11.9. The van der Waals surface area contributed by atoms with Crippen LogP contribution in [0.15, 0.2) is 36.4 Å². The Bertz CT molecular complexity index is 966. The average Bonchev–Trinajstić information content (AvgIpc) is 2.72. The van der Waals surface area contributed by atoms with Gasteiger partial charge in [-0.2, -0.15) is 0 Å². The van der Waals surface area contributed by atoms with Crippen LogP contribution in [0.1, 0.15) is 76.6 Å². The summed E-state index contributed by atoms with van der Waals surface area (Å²) in [6.45, 7) is 14.8. The van der Waals surface area contributed by atoms with E-state index in [0.717, 1.165) is 61.2 Å². The Kier molecular flexibility index (Phi) is 7.97. The van der Waals surface area contributed by atoms with Crippen molar-refractivity contribution in [1.82, 2.24) is 10.2 Å². The lowest BCUT2D eigenvalue weighted by molar-refractivity contribution is 0.216. The third-order valence-electron chi connectivity index (χ3n) is 6.69. The number of amides is 2. The largest absolute Gasteiger partial charge is 0.507 e. The van der Waals surface area contributed by atoms with Gasteiger partial charge >= 0.3 is 6.03 Å². The summed E-state index contributed by atoms with van der Waals surface area (Å²) >= 11 is 0. The lowest BCUT2D eigenvalue weighted by Crippen LogP contribution is -2.47. The van der Waals surface area contributed by atoms with E-state index in [-0.39, 0.29) is 22.9 Å². The summed E-state index contributed by atoms with van der Waals surface area (Å²) in [4.78, 5) is 15.0. The smallest absolute Gasteiger partial charge is 0.319 e. The maximum Gasteiger partial charge on any atom is 0.319 e. The molecule has 5 nitrogen and oxygen atoms in total. The first-order valence-corrected chi connectivity index (χ1v) is 12.6. The van der Waals surface area contributed by atoms with Crippen molar-refractivity contribution in [2.75, 3.05) is 25.5 Å². The summed E-state index contributed by atoms with van der Waals surface area (Å²) in [6, 6.07) is 12.4. The first kappa shape index (κ1) is 26.1. The van der Waals surface area contributed by atoms with Crippen molar-refractivity contribution in [1.29, 1.82) is 0 Å². The number of likely N-dealkylation sites (N-methyl/N-ethyl adjacent to an activating group) is 1. The number of nitrogens with one attached hydrogen (secondary N) is 2. The highest BCUT2D eigenvalue weighted by molar-refractivity contribution is 5.90. The van der Waals surface area contributed by atoms with Gasteiger partial charge in [0.1, 0.15) is 5.75 Å². The number of hydrogen-bond donors (Lipinski definition) is 3. The fourth-order valence-corrected chi connectivity index (χ4v) is 4.75. The van der Waals surface area contributed by atoms with E-state index in [9.17, 15) is 9.90 Å². The van der Waals surface area contributed by atoms with Crippen LogP contribution in [0.25, 0.3) is 0 Å². The van der Waals surface area contributed by atoms with Gasteiger partial charge in [0.25, 0.3) is 0 Å². The van der Waals surface area contributed by atoms with Crippen LogP contribution in [0, 0.1) is 0 Å². The minimum atomic E-state index is -0.148. The number of nitrogens with zero attached hydrogens (tertiary/aromatic N) is 1. The van der Waals surface area contributed by atoms with E-state index < -0.39 is 0 Å². The van der Waals surface area contributed by atoms with Gasteiger partial charge < -0.3 is 20.6 Å². The molecule has 2 aromatic rings. The summed E-state index contributed by atoms with van der Waals surface area (Å²) in [5, 5.41) is 17.2. The zero-order chi connectivity index (χ0) is 25.1. The number of aryl methyl sites for hydroxylation is 2. The van der Waals surface area contributed by atoms with Crippen LogP contribution in [-0.2, 0) is 23.7 Å². The van der Waals surface area contributed by atoms with Crippen LogP contribution in [-0.4, -0.2) is 42.2 Å². The highest BCUT2D eigenvalue weighted by atomic mass is 16.3. The van der Waals surface area contributed by atoms with E-state index in [1.54, 1.807) is 0 Å².